The van der Waals surface area contributed by atoms with Crippen LogP contribution in [0.15, 0.2) is 85.1 Å². The van der Waals surface area contributed by atoms with E-state index in [1.54, 1.807) is 0 Å². The van der Waals surface area contributed by atoms with Crippen molar-refractivity contribution in [2.45, 2.75) is 303 Å². The Balaban J connectivity index is 4.46. The van der Waals surface area contributed by atoms with E-state index in [4.69, 9.17) is 14.2 Å². The molecule has 6 heteroatoms. The van der Waals surface area contributed by atoms with E-state index in [-0.39, 0.29) is 37.5 Å². The molecule has 0 aromatic rings. The molecule has 72 heavy (non-hydrogen) atoms. The van der Waals surface area contributed by atoms with Gasteiger partial charge in [-0.25, -0.2) is 0 Å². The predicted octanol–water partition coefficient (Wildman–Crippen LogP) is 20.7. The van der Waals surface area contributed by atoms with E-state index in [0.717, 1.165) is 96.3 Å². The zero-order valence-corrected chi connectivity index (χ0v) is 47.4. The van der Waals surface area contributed by atoms with E-state index >= 15 is 0 Å². The molecule has 0 saturated heterocycles. The van der Waals surface area contributed by atoms with E-state index in [1.165, 1.54) is 154 Å². The van der Waals surface area contributed by atoms with Gasteiger partial charge in [0.05, 0.1) is 0 Å². The second-order valence-corrected chi connectivity index (χ2v) is 20.2. The van der Waals surface area contributed by atoms with Gasteiger partial charge < -0.3 is 14.2 Å². The molecule has 0 rings (SSSR count). The van der Waals surface area contributed by atoms with Gasteiger partial charge in [-0.3, -0.25) is 14.4 Å². The van der Waals surface area contributed by atoms with Gasteiger partial charge in [0.25, 0.3) is 0 Å². The lowest BCUT2D eigenvalue weighted by molar-refractivity contribution is -0.167. The number of unbranched alkanes of at least 4 members (excludes halogenated alkanes) is 30. The molecule has 0 aliphatic rings. The first-order valence-corrected chi connectivity index (χ1v) is 30.6. The van der Waals surface area contributed by atoms with Crippen LogP contribution in [0.2, 0.25) is 0 Å². The lowest BCUT2D eigenvalue weighted by atomic mass is 10.0. The van der Waals surface area contributed by atoms with Gasteiger partial charge in [0.1, 0.15) is 13.2 Å². The molecule has 0 fully saturated rings. The lowest BCUT2D eigenvalue weighted by Gasteiger charge is -2.18. The molecular weight excluding hydrogens is 889 g/mol. The predicted molar refractivity (Wildman–Crippen MR) is 311 cm³/mol. The van der Waals surface area contributed by atoms with Gasteiger partial charge in [0.15, 0.2) is 6.10 Å². The van der Waals surface area contributed by atoms with Crippen molar-refractivity contribution < 1.29 is 28.6 Å². The van der Waals surface area contributed by atoms with Gasteiger partial charge in [-0.05, 0) is 89.9 Å². The molecule has 0 aliphatic carbocycles. The molecule has 1 unspecified atom stereocenters. The minimum absolute atomic E-state index is 0.0978. The number of carbonyl (C=O) groups excluding carboxylic acids is 3. The monoisotopic (exact) mass is 1000 g/mol. The Morgan fingerprint density at radius 3 is 0.903 bits per heavy atom. The normalized spacial score (nSPS) is 12.7. The molecule has 1 atom stereocenters. The van der Waals surface area contributed by atoms with Gasteiger partial charge in [0, 0.05) is 19.3 Å². The largest absolute Gasteiger partial charge is 0.462 e. The standard InChI is InChI=1S/C66H114O6/c1-4-7-10-13-16-19-22-25-28-31-33-36-38-41-44-47-50-53-56-59-65(68)71-62-63(61-70-64(67)58-55-52-49-46-43-40-37-34-30-27-24-21-18-15-12-9-6-3)72-66(69)60-57-54-51-48-45-42-39-35-32-29-26-23-20-17-14-11-8-5-2/h7,10,16,19,25,27-28,30,33,36-37,40,46,49,63H,4-6,8-9,11-15,17-18,20-24,26,29,31-32,34-35,38-39,41-45,47-48,50-62H2,1-3H3/b10-7-,19-16-,28-25-,30-27-,36-33-,40-37-,49-46-. The first kappa shape index (κ1) is 68.6. The van der Waals surface area contributed by atoms with Crippen LogP contribution in [0.5, 0.6) is 0 Å². The maximum Gasteiger partial charge on any atom is 0.306 e. The smallest absolute Gasteiger partial charge is 0.306 e. The summed E-state index contributed by atoms with van der Waals surface area (Å²) in [6, 6.07) is 0. The van der Waals surface area contributed by atoms with Crippen LogP contribution in [0.25, 0.3) is 0 Å². The highest BCUT2D eigenvalue weighted by Gasteiger charge is 2.19. The molecule has 0 radical (unpaired) electrons. The number of allylic oxidation sites excluding steroid dienone is 14. The third-order valence-electron chi connectivity index (χ3n) is 13.1. The molecule has 0 heterocycles. The molecule has 6 nitrogen and oxygen atoms in total. The van der Waals surface area contributed by atoms with Crippen LogP contribution in [0.1, 0.15) is 297 Å². The third-order valence-corrected chi connectivity index (χ3v) is 13.1. The number of ether oxygens (including phenoxy) is 3. The Morgan fingerprint density at radius 1 is 0.292 bits per heavy atom. The van der Waals surface area contributed by atoms with E-state index in [0.29, 0.717) is 19.3 Å². The summed E-state index contributed by atoms with van der Waals surface area (Å²) in [5, 5.41) is 0. The van der Waals surface area contributed by atoms with E-state index in [2.05, 4.69) is 106 Å². The lowest BCUT2D eigenvalue weighted by Crippen LogP contribution is -2.30. The fourth-order valence-corrected chi connectivity index (χ4v) is 8.57. The van der Waals surface area contributed by atoms with Crippen molar-refractivity contribution in [1.29, 1.82) is 0 Å². The second kappa shape index (κ2) is 60.1. The Morgan fingerprint density at radius 2 is 0.556 bits per heavy atom. The number of carbonyl (C=O) groups is 3. The first-order chi connectivity index (χ1) is 35.5. The fourth-order valence-electron chi connectivity index (χ4n) is 8.57. The first-order valence-electron chi connectivity index (χ1n) is 30.6. The highest BCUT2D eigenvalue weighted by atomic mass is 16.6. The highest BCUT2D eigenvalue weighted by molar-refractivity contribution is 5.71. The zero-order chi connectivity index (χ0) is 52.2. The summed E-state index contributed by atoms with van der Waals surface area (Å²) in [5.41, 5.74) is 0. The maximum absolute atomic E-state index is 12.9. The number of hydrogen-bond donors (Lipinski definition) is 0. The number of rotatable bonds is 55. The van der Waals surface area contributed by atoms with Crippen molar-refractivity contribution in [3.8, 4) is 0 Å². The van der Waals surface area contributed by atoms with Gasteiger partial charge in [-0.1, -0.05) is 273 Å². The molecule has 0 spiro atoms. The summed E-state index contributed by atoms with van der Waals surface area (Å²) in [4.78, 5) is 38.2. The number of hydrogen-bond acceptors (Lipinski definition) is 6. The molecule has 0 aliphatic heterocycles. The van der Waals surface area contributed by atoms with Crippen LogP contribution >= 0.6 is 0 Å². The molecular formula is C66H114O6. The summed E-state index contributed by atoms with van der Waals surface area (Å²) in [5.74, 6) is -0.953. The van der Waals surface area contributed by atoms with E-state index in [9.17, 15) is 14.4 Å². The van der Waals surface area contributed by atoms with Gasteiger partial charge in [-0.2, -0.15) is 0 Å². The van der Waals surface area contributed by atoms with Crippen molar-refractivity contribution in [3.05, 3.63) is 85.1 Å². The molecule has 414 valence electrons. The van der Waals surface area contributed by atoms with Crippen molar-refractivity contribution in [2.24, 2.45) is 0 Å². The minimum atomic E-state index is -0.803. The molecule has 0 amide bonds. The summed E-state index contributed by atoms with van der Waals surface area (Å²) >= 11 is 0. The Hall–Kier alpha value is -3.41. The summed E-state index contributed by atoms with van der Waals surface area (Å²) in [6.45, 7) is 6.50. The van der Waals surface area contributed by atoms with Crippen molar-refractivity contribution in [2.75, 3.05) is 13.2 Å². The van der Waals surface area contributed by atoms with Crippen LogP contribution in [-0.4, -0.2) is 37.2 Å². The molecule has 0 aromatic heterocycles. The van der Waals surface area contributed by atoms with Crippen molar-refractivity contribution in [1.82, 2.24) is 0 Å². The van der Waals surface area contributed by atoms with Gasteiger partial charge in [-0.15, -0.1) is 0 Å². The molecule has 0 N–H and O–H groups in total. The molecule has 0 aromatic carbocycles. The summed E-state index contributed by atoms with van der Waals surface area (Å²) in [7, 11) is 0. The number of esters is 3. The summed E-state index contributed by atoms with van der Waals surface area (Å²) in [6.07, 6.45) is 78.7. The van der Waals surface area contributed by atoms with Crippen LogP contribution in [0, 0.1) is 0 Å². The second-order valence-electron chi connectivity index (χ2n) is 20.2. The Bertz CT molecular complexity index is 1380. The fraction of sp³-hybridized carbons (Fsp3) is 0.742. The summed E-state index contributed by atoms with van der Waals surface area (Å²) < 4.78 is 16.9. The van der Waals surface area contributed by atoms with Gasteiger partial charge >= 0.3 is 17.9 Å². The molecule has 0 saturated carbocycles. The average molecular weight is 1000 g/mol. The van der Waals surface area contributed by atoms with Crippen LogP contribution < -0.4 is 0 Å². The Labute approximate surface area is 445 Å². The van der Waals surface area contributed by atoms with E-state index < -0.39 is 6.10 Å². The topological polar surface area (TPSA) is 78.9 Å². The zero-order valence-electron chi connectivity index (χ0n) is 47.4. The Kier molecular flexibility index (Phi) is 57.3. The average Bonchev–Trinajstić information content (AvgIpc) is 3.38. The maximum atomic E-state index is 12.9. The van der Waals surface area contributed by atoms with Crippen LogP contribution in [-0.2, 0) is 28.6 Å². The van der Waals surface area contributed by atoms with Crippen molar-refractivity contribution >= 4 is 17.9 Å². The molecule has 0 bridgehead atoms. The minimum Gasteiger partial charge on any atom is -0.462 e. The van der Waals surface area contributed by atoms with Crippen molar-refractivity contribution in [3.63, 3.8) is 0 Å². The quantitative estimate of drug-likeness (QED) is 0.0261. The van der Waals surface area contributed by atoms with Crippen LogP contribution in [0.3, 0.4) is 0 Å². The highest BCUT2D eigenvalue weighted by Crippen LogP contribution is 2.16. The SMILES string of the molecule is CC/C=C\C/C=C\C/C=C\C/C=C\CCCCCCCCC(=O)OCC(COC(=O)CCC/C=C\C/C=C\C/C=C\CCCCCCCC)OC(=O)CCCCCCCCCCCCCCCCCCCC. The van der Waals surface area contributed by atoms with E-state index in [1.807, 2.05) is 0 Å². The van der Waals surface area contributed by atoms with Gasteiger partial charge in [0.2, 0.25) is 0 Å². The van der Waals surface area contributed by atoms with Crippen LogP contribution in [0.4, 0.5) is 0 Å². The third kappa shape index (κ3) is 57.5.